The first kappa shape index (κ1) is 9.01. The molecule has 2 heteroatoms. The summed E-state index contributed by atoms with van der Waals surface area (Å²) >= 11 is 0. The third-order valence-electron chi connectivity index (χ3n) is 2.69. The lowest BCUT2D eigenvalue weighted by atomic mass is 9.82. The maximum Gasteiger partial charge on any atom is 0.0593 e. The van der Waals surface area contributed by atoms with Crippen molar-refractivity contribution in [3.8, 4) is 0 Å². The molecular formula is C9H18O2. The fourth-order valence-electron chi connectivity index (χ4n) is 1.89. The number of rotatable bonds is 2. The van der Waals surface area contributed by atoms with Crippen LogP contribution in [-0.2, 0) is 0 Å². The van der Waals surface area contributed by atoms with E-state index in [9.17, 15) is 10.2 Å². The van der Waals surface area contributed by atoms with Crippen molar-refractivity contribution in [2.24, 2.45) is 5.92 Å². The monoisotopic (exact) mass is 158 g/mol. The Morgan fingerprint density at radius 2 is 2.00 bits per heavy atom. The van der Waals surface area contributed by atoms with Gasteiger partial charge in [0.05, 0.1) is 12.2 Å². The highest BCUT2D eigenvalue weighted by Gasteiger charge is 2.27. The lowest BCUT2D eigenvalue weighted by Crippen LogP contribution is -2.33. The quantitative estimate of drug-likeness (QED) is 0.636. The fraction of sp³-hybridized carbons (Fsp3) is 1.00. The Bertz CT molecular complexity index is 110. The molecule has 0 unspecified atom stereocenters. The summed E-state index contributed by atoms with van der Waals surface area (Å²) in [6.45, 7) is 1.96. The molecule has 11 heavy (non-hydrogen) atoms. The molecular weight excluding hydrogens is 140 g/mol. The van der Waals surface area contributed by atoms with Gasteiger partial charge in [0.1, 0.15) is 0 Å². The minimum absolute atomic E-state index is 0.147. The molecule has 0 saturated heterocycles. The Kier molecular flexibility index (Phi) is 3.34. The molecule has 1 fully saturated rings. The fourth-order valence-corrected chi connectivity index (χ4v) is 1.89. The molecule has 66 valence electrons. The van der Waals surface area contributed by atoms with Crippen LogP contribution in [0.25, 0.3) is 0 Å². The average Bonchev–Trinajstić information content (AvgIpc) is 2.04. The van der Waals surface area contributed by atoms with Gasteiger partial charge < -0.3 is 10.2 Å². The van der Waals surface area contributed by atoms with Gasteiger partial charge in [0.2, 0.25) is 0 Å². The Morgan fingerprint density at radius 1 is 1.36 bits per heavy atom. The molecule has 1 saturated carbocycles. The van der Waals surface area contributed by atoms with E-state index in [1.807, 2.05) is 6.92 Å². The summed E-state index contributed by atoms with van der Waals surface area (Å²) in [4.78, 5) is 0. The highest BCUT2D eigenvalue weighted by molar-refractivity contribution is 4.79. The van der Waals surface area contributed by atoms with Crippen molar-refractivity contribution in [1.29, 1.82) is 0 Å². The molecule has 0 spiro atoms. The normalized spacial score (nSPS) is 35.2. The van der Waals surface area contributed by atoms with Gasteiger partial charge in [-0.3, -0.25) is 0 Å². The van der Waals surface area contributed by atoms with E-state index in [0.29, 0.717) is 0 Å². The summed E-state index contributed by atoms with van der Waals surface area (Å²) in [5, 5.41) is 19.0. The zero-order valence-electron chi connectivity index (χ0n) is 7.16. The van der Waals surface area contributed by atoms with E-state index in [-0.39, 0.29) is 18.1 Å². The minimum Gasteiger partial charge on any atom is -0.393 e. The SMILES string of the molecule is CC[C@H](O)[C@H]1CCCC[C@@H]1O. The predicted octanol–water partition coefficient (Wildman–Crippen LogP) is 1.31. The Labute approximate surface area is 68.2 Å². The molecule has 0 amide bonds. The molecule has 0 aliphatic heterocycles. The molecule has 0 radical (unpaired) electrons. The zero-order chi connectivity index (χ0) is 8.27. The highest BCUT2D eigenvalue weighted by Crippen LogP contribution is 2.27. The van der Waals surface area contributed by atoms with Crippen LogP contribution in [0.2, 0.25) is 0 Å². The summed E-state index contributed by atoms with van der Waals surface area (Å²) in [6.07, 6.45) is 4.39. The number of hydrogen-bond acceptors (Lipinski definition) is 2. The van der Waals surface area contributed by atoms with Crippen molar-refractivity contribution < 1.29 is 10.2 Å². The van der Waals surface area contributed by atoms with Gasteiger partial charge in [0, 0.05) is 5.92 Å². The molecule has 1 rings (SSSR count). The van der Waals surface area contributed by atoms with Gasteiger partial charge in [0.15, 0.2) is 0 Å². The van der Waals surface area contributed by atoms with Crippen molar-refractivity contribution >= 4 is 0 Å². The number of aliphatic hydroxyl groups excluding tert-OH is 2. The minimum atomic E-state index is -0.287. The molecule has 0 aromatic rings. The van der Waals surface area contributed by atoms with Crippen LogP contribution in [0.1, 0.15) is 39.0 Å². The van der Waals surface area contributed by atoms with Crippen LogP contribution >= 0.6 is 0 Å². The Hall–Kier alpha value is -0.0800. The Morgan fingerprint density at radius 3 is 2.55 bits per heavy atom. The van der Waals surface area contributed by atoms with E-state index in [1.165, 1.54) is 6.42 Å². The van der Waals surface area contributed by atoms with Crippen molar-refractivity contribution in [2.75, 3.05) is 0 Å². The van der Waals surface area contributed by atoms with Gasteiger partial charge in [-0.05, 0) is 19.3 Å². The van der Waals surface area contributed by atoms with E-state index in [0.717, 1.165) is 25.7 Å². The standard InChI is InChI=1S/C9H18O2/c1-2-8(10)7-5-3-4-6-9(7)11/h7-11H,2-6H2,1H3/t7-,8+,9+/m1/s1. The van der Waals surface area contributed by atoms with Gasteiger partial charge >= 0.3 is 0 Å². The molecule has 2 N–H and O–H groups in total. The molecule has 1 aliphatic rings. The van der Waals surface area contributed by atoms with Gasteiger partial charge in [-0.15, -0.1) is 0 Å². The molecule has 0 aromatic carbocycles. The summed E-state index contributed by atoms with van der Waals surface area (Å²) in [5.41, 5.74) is 0. The van der Waals surface area contributed by atoms with Crippen LogP contribution < -0.4 is 0 Å². The van der Waals surface area contributed by atoms with Gasteiger partial charge in [-0.1, -0.05) is 19.8 Å². The van der Waals surface area contributed by atoms with E-state index in [2.05, 4.69) is 0 Å². The van der Waals surface area contributed by atoms with Crippen LogP contribution in [0.15, 0.2) is 0 Å². The maximum absolute atomic E-state index is 9.51. The second-order valence-corrected chi connectivity index (χ2v) is 3.49. The van der Waals surface area contributed by atoms with Crippen molar-refractivity contribution in [2.45, 2.75) is 51.2 Å². The third-order valence-corrected chi connectivity index (χ3v) is 2.69. The molecule has 1 aliphatic carbocycles. The van der Waals surface area contributed by atoms with Crippen LogP contribution in [-0.4, -0.2) is 22.4 Å². The Balaban J connectivity index is 2.40. The summed E-state index contributed by atoms with van der Waals surface area (Å²) in [7, 11) is 0. The summed E-state index contributed by atoms with van der Waals surface area (Å²) in [5.74, 6) is 0.147. The summed E-state index contributed by atoms with van der Waals surface area (Å²) < 4.78 is 0. The first-order valence-electron chi connectivity index (χ1n) is 4.61. The summed E-state index contributed by atoms with van der Waals surface area (Å²) in [6, 6.07) is 0. The molecule has 0 heterocycles. The topological polar surface area (TPSA) is 40.5 Å². The van der Waals surface area contributed by atoms with E-state index < -0.39 is 0 Å². The number of hydrogen-bond donors (Lipinski definition) is 2. The van der Waals surface area contributed by atoms with Crippen molar-refractivity contribution in [3.05, 3.63) is 0 Å². The molecule has 0 aromatic heterocycles. The maximum atomic E-state index is 9.51. The smallest absolute Gasteiger partial charge is 0.0593 e. The van der Waals surface area contributed by atoms with Crippen LogP contribution in [0.3, 0.4) is 0 Å². The predicted molar refractivity (Wildman–Crippen MR) is 44.3 cm³/mol. The first-order chi connectivity index (χ1) is 5.25. The van der Waals surface area contributed by atoms with E-state index in [1.54, 1.807) is 0 Å². The van der Waals surface area contributed by atoms with Crippen LogP contribution in [0.5, 0.6) is 0 Å². The lowest BCUT2D eigenvalue weighted by Gasteiger charge is -2.30. The van der Waals surface area contributed by atoms with Crippen LogP contribution in [0, 0.1) is 5.92 Å². The number of aliphatic hydroxyl groups is 2. The first-order valence-corrected chi connectivity index (χ1v) is 4.61. The van der Waals surface area contributed by atoms with Gasteiger partial charge in [-0.25, -0.2) is 0 Å². The largest absolute Gasteiger partial charge is 0.393 e. The highest BCUT2D eigenvalue weighted by atomic mass is 16.3. The molecule has 2 nitrogen and oxygen atoms in total. The lowest BCUT2D eigenvalue weighted by molar-refractivity contribution is -0.0134. The third kappa shape index (κ3) is 2.17. The van der Waals surface area contributed by atoms with Crippen LogP contribution in [0.4, 0.5) is 0 Å². The second kappa shape index (κ2) is 4.07. The van der Waals surface area contributed by atoms with Gasteiger partial charge in [-0.2, -0.15) is 0 Å². The second-order valence-electron chi connectivity index (χ2n) is 3.49. The molecule has 0 bridgehead atoms. The van der Waals surface area contributed by atoms with Crippen molar-refractivity contribution in [1.82, 2.24) is 0 Å². The van der Waals surface area contributed by atoms with E-state index >= 15 is 0 Å². The van der Waals surface area contributed by atoms with E-state index in [4.69, 9.17) is 0 Å². The average molecular weight is 158 g/mol. The zero-order valence-corrected chi connectivity index (χ0v) is 7.16. The molecule has 3 atom stereocenters. The van der Waals surface area contributed by atoms with Gasteiger partial charge in [0.25, 0.3) is 0 Å². The van der Waals surface area contributed by atoms with Crippen molar-refractivity contribution in [3.63, 3.8) is 0 Å².